The zero-order valence-corrected chi connectivity index (χ0v) is 16.9. The highest BCUT2D eigenvalue weighted by Crippen LogP contribution is 2.36. The highest BCUT2D eigenvalue weighted by atomic mass is 16.6. The summed E-state index contributed by atoms with van der Waals surface area (Å²) in [6.45, 7) is 6.42. The number of anilines is 2. The summed E-state index contributed by atoms with van der Waals surface area (Å²) in [5.41, 5.74) is 1.79. The second kappa shape index (κ2) is 8.32. The minimum absolute atomic E-state index is 0.0536. The smallest absolute Gasteiger partial charge is 0.373 e. The Balaban J connectivity index is 1.58. The predicted octanol–water partition coefficient (Wildman–Crippen LogP) is 3.52. The Kier molecular flexibility index (Phi) is 5.42. The molecule has 3 heterocycles. The Bertz CT molecular complexity index is 1030. The van der Waals surface area contributed by atoms with Crippen LogP contribution in [0.25, 0.3) is 0 Å². The molecular weight excluding hydrogens is 384 g/mol. The number of aromatic nitrogens is 3. The van der Waals surface area contributed by atoms with Gasteiger partial charge in [0.25, 0.3) is 0 Å². The van der Waals surface area contributed by atoms with Crippen LogP contribution in [0.4, 0.5) is 17.3 Å². The second-order valence-corrected chi connectivity index (χ2v) is 7.20. The van der Waals surface area contributed by atoms with Gasteiger partial charge in [0, 0.05) is 32.4 Å². The fourth-order valence-electron chi connectivity index (χ4n) is 3.61. The van der Waals surface area contributed by atoms with Crippen LogP contribution in [0.1, 0.15) is 11.1 Å². The normalized spacial score (nSPS) is 13.9. The van der Waals surface area contributed by atoms with E-state index in [1.807, 2.05) is 55.1 Å². The summed E-state index contributed by atoms with van der Waals surface area (Å²) in [6, 6.07) is 11.4. The lowest BCUT2D eigenvalue weighted by Gasteiger charge is -2.35. The van der Waals surface area contributed by atoms with Crippen LogP contribution in [0.5, 0.6) is 11.6 Å². The molecule has 2 aromatic heterocycles. The van der Waals surface area contributed by atoms with Crippen LogP contribution in [0.3, 0.4) is 0 Å². The van der Waals surface area contributed by atoms with Gasteiger partial charge in [-0.15, -0.1) is 0 Å². The van der Waals surface area contributed by atoms with Gasteiger partial charge in [0.2, 0.25) is 5.82 Å². The van der Waals surface area contributed by atoms with Crippen LogP contribution in [0.15, 0.2) is 48.9 Å². The van der Waals surface area contributed by atoms with Gasteiger partial charge in [-0.2, -0.15) is 4.98 Å². The third-order valence-electron chi connectivity index (χ3n) is 4.91. The molecule has 154 valence electrons. The number of benzene rings is 1. The van der Waals surface area contributed by atoms with Crippen molar-refractivity contribution in [3.63, 3.8) is 0 Å². The van der Waals surface area contributed by atoms with Crippen molar-refractivity contribution in [3.05, 3.63) is 70.2 Å². The Labute approximate surface area is 174 Å². The molecule has 4 rings (SSSR count). The van der Waals surface area contributed by atoms with Gasteiger partial charge in [-0.1, -0.05) is 12.1 Å². The fraction of sp³-hybridized carbons (Fsp3) is 0.286. The number of piperazine rings is 1. The van der Waals surface area contributed by atoms with Gasteiger partial charge in [0.1, 0.15) is 17.9 Å². The second-order valence-electron chi connectivity index (χ2n) is 7.20. The lowest BCUT2D eigenvalue weighted by atomic mass is 10.1. The molecule has 0 radical (unpaired) electrons. The topological polar surface area (TPSA) is 97.5 Å². The lowest BCUT2D eigenvalue weighted by molar-refractivity contribution is -0.385. The highest BCUT2D eigenvalue weighted by molar-refractivity contribution is 5.64. The van der Waals surface area contributed by atoms with Crippen LogP contribution in [0.2, 0.25) is 0 Å². The summed E-state index contributed by atoms with van der Waals surface area (Å²) in [5.74, 6) is 1.63. The minimum Gasteiger partial charge on any atom is -0.434 e. The molecule has 0 unspecified atom stereocenters. The standard InChI is InChI=1S/C21H22N6O3/c1-15-11-16(2)13-17(12-15)30-21-19(27(28)29)20(23-14-24-21)26-9-7-25(8-10-26)18-5-3-4-6-22-18/h3-6,11-14H,7-10H2,1-2H3. The molecule has 0 N–H and O–H groups in total. The molecule has 0 saturated carbocycles. The van der Waals surface area contributed by atoms with Gasteiger partial charge in [-0.3, -0.25) is 10.1 Å². The van der Waals surface area contributed by atoms with Gasteiger partial charge in [-0.25, -0.2) is 9.97 Å². The Morgan fingerprint density at radius 1 is 0.967 bits per heavy atom. The average Bonchev–Trinajstić information content (AvgIpc) is 2.73. The first-order valence-electron chi connectivity index (χ1n) is 9.68. The maximum Gasteiger partial charge on any atom is 0.373 e. The molecule has 0 atom stereocenters. The summed E-state index contributed by atoms with van der Waals surface area (Å²) in [7, 11) is 0. The fourth-order valence-corrected chi connectivity index (χ4v) is 3.61. The van der Waals surface area contributed by atoms with Gasteiger partial charge in [0.15, 0.2) is 0 Å². The maximum absolute atomic E-state index is 11.9. The number of rotatable bonds is 5. The van der Waals surface area contributed by atoms with Crippen molar-refractivity contribution in [2.75, 3.05) is 36.0 Å². The number of pyridine rings is 1. The summed E-state index contributed by atoms with van der Waals surface area (Å²) in [6.07, 6.45) is 3.07. The molecule has 3 aromatic rings. The summed E-state index contributed by atoms with van der Waals surface area (Å²) in [5, 5.41) is 11.9. The van der Waals surface area contributed by atoms with Crippen molar-refractivity contribution in [2.24, 2.45) is 0 Å². The lowest BCUT2D eigenvalue weighted by Crippen LogP contribution is -2.47. The molecule has 1 aromatic carbocycles. The average molecular weight is 406 g/mol. The number of aryl methyl sites for hydroxylation is 2. The molecule has 0 bridgehead atoms. The van der Waals surface area contributed by atoms with Crippen LogP contribution < -0.4 is 14.5 Å². The van der Waals surface area contributed by atoms with Crippen molar-refractivity contribution in [2.45, 2.75) is 13.8 Å². The van der Waals surface area contributed by atoms with E-state index in [4.69, 9.17) is 4.74 Å². The van der Waals surface area contributed by atoms with Crippen molar-refractivity contribution in [1.82, 2.24) is 15.0 Å². The summed E-state index contributed by atoms with van der Waals surface area (Å²) >= 11 is 0. The van der Waals surface area contributed by atoms with Crippen LogP contribution in [0, 0.1) is 24.0 Å². The molecule has 1 aliphatic rings. The van der Waals surface area contributed by atoms with E-state index in [9.17, 15) is 10.1 Å². The van der Waals surface area contributed by atoms with E-state index in [1.54, 1.807) is 6.20 Å². The van der Waals surface area contributed by atoms with Gasteiger partial charge < -0.3 is 14.5 Å². The Hall–Kier alpha value is -3.75. The number of ether oxygens (including phenoxy) is 1. The van der Waals surface area contributed by atoms with Crippen molar-refractivity contribution >= 4 is 17.3 Å². The van der Waals surface area contributed by atoms with Crippen molar-refractivity contribution in [3.8, 4) is 11.6 Å². The molecule has 0 spiro atoms. The first kappa shape index (κ1) is 19.6. The van der Waals surface area contributed by atoms with E-state index in [0.29, 0.717) is 31.9 Å². The number of nitrogens with zero attached hydrogens (tertiary/aromatic N) is 6. The van der Waals surface area contributed by atoms with Crippen molar-refractivity contribution < 1.29 is 9.66 Å². The zero-order chi connectivity index (χ0) is 21.1. The Morgan fingerprint density at radius 3 is 2.30 bits per heavy atom. The van der Waals surface area contributed by atoms with Crippen LogP contribution in [-0.2, 0) is 0 Å². The first-order chi connectivity index (χ1) is 14.5. The Morgan fingerprint density at radius 2 is 1.67 bits per heavy atom. The summed E-state index contributed by atoms with van der Waals surface area (Å²) in [4.78, 5) is 28.1. The van der Waals surface area contributed by atoms with E-state index in [1.165, 1.54) is 6.33 Å². The van der Waals surface area contributed by atoms with Crippen LogP contribution in [-0.4, -0.2) is 46.1 Å². The van der Waals surface area contributed by atoms with Gasteiger partial charge >= 0.3 is 11.6 Å². The molecular formula is C21H22N6O3. The molecule has 1 fully saturated rings. The number of hydrogen-bond donors (Lipinski definition) is 0. The summed E-state index contributed by atoms with van der Waals surface area (Å²) < 4.78 is 5.81. The highest BCUT2D eigenvalue weighted by Gasteiger charge is 2.31. The van der Waals surface area contributed by atoms with Gasteiger partial charge in [-0.05, 0) is 49.2 Å². The molecule has 1 saturated heterocycles. The molecule has 9 heteroatoms. The SMILES string of the molecule is Cc1cc(C)cc(Oc2ncnc(N3CCN(c4ccccn4)CC3)c2[N+](=O)[O-])c1. The zero-order valence-electron chi connectivity index (χ0n) is 16.9. The third-order valence-corrected chi connectivity index (χ3v) is 4.91. The predicted molar refractivity (Wildman–Crippen MR) is 113 cm³/mol. The third kappa shape index (κ3) is 4.14. The van der Waals surface area contributed by atoms with E-state index in [0.717, 1.165) is 16.9 Å². The van der Waals surface area contributed by atoms with E-state index < -0.39 is 4.92 Å². The van der Waals surface area contributed by atoms with Gasteiger partial charge in [0.05, 0.1) is 4.92 Å². The quantitative estimate of drug-likeness (QED) is 0.469. The molecule has 0 aliphatic carbocycles. The van der Waals surface area contributed by atoms with E-state index in [-0.39, 0.29) is 17.4 Å². The molecule has 1 aliphatic heterocycles. The number of nitro groups is 1. The van der Waals surface area contributed by atoms with E-state index >= 15 is 0 Å². The number of hydrogen-bond acceptors (Lipinski definition) is 8. The largest absolute Gasteiger partial charge is 0.434 e. The van der Waals surface area contributed by atoms with Crippen molar-refractivity contribution in [1.29, 1.82) is 0 Å². The molecule has 9 nitrogen and oxygen atoms in total. The minimum atomic E-state index is -0.474. The first-order valence-corrected chi connectivity index (χ1v) is 9.68. The van der Waals surface area contributed by atoms with E-state index in [2.05, 4.69) is 19.9 Å². The molecule has 0 amide bonds. The molecule has 30 heavy (non-hydrogen) atoms. The van der Waals surface area contributed by atoms with Crippen LogP contribution >= 0.6 is 0 Å². The maximum atomic E-state index is 11.9. The monoisotopic (exact) mass is 406 g/mol.